The molecule has 158 valence electrons. The van der Waals surface area contributed by atoms with Gasteiger partial charge in [0, 0.05) is 6.04 Å². The molecule has 1 aromatic heterocycles. The van der Waals surface area contributed by atoms with Gasteiger partial charge in [-0.2, -0.15) is 13.2 Å². The lowest BCUT2D eigenvalue weighted by molar-refractivity contribution is -0.138. The third-order valence-corrected chi connectivity index (χ3v) is 4.53. The van der Waals surface area contributed by atoms with Gasteiger partial charge in [-0.25, -0.2) is 14.2 Å². The second-order valence-corrected chi connectivity index (χ2v) is 6.66. The molecule has 2 N–H and O–H groups in total. The lowest BCUT2D eigenvalue weighted by Gasteiger charge is -2.21. The predicted molar refractivity (Wildman–Crippen MR) is 102 cm³/mol. The van der Waals surface area contributed by atoms with Crippen molar-refractivity contribution in [1.29, 1.82) is 0 Å². The molecule has 6 nitrogen and oxygen atoms in total. The molecule has 1 atom stereocenters. The third-order valence-electron chi connectivity index (χ3n) is 4.53. The van der Waals surface area contributed by atoms with Gasteiger partial charge in [0.25, 0.3) is 5.56 Å². The van der Waals surface area contributed by atoms with Crippen LogP contribution in [0.5, 0.6) is 0 Å². The first-order valence-electron chi connectivity index (χ1n) is 8.77. The fourth-order valence-electron chi connectivity index (χ4n) is 3.11. The summed E-state index contributed by atoms with van der Waals surface area (Å²) >= 11 is 0. The molecule has 0 radical (unpaired) electrons. The lowest BCUT2D eigenvalue weighted by Crippen LogP contribution is -2.18. The molecule has 10 heteroatoms. The number of aryl methyl sites for hydroxylation is 1. The summed E-state index contributed by atoms with van der Waals surface area (Å²) in [6, 6.07) is 4.31. The highest BCUT2D eigenvalue weighted by Gasteiger charge is 2.35. The molecular formula is C20H17F4N3O3. The van der Waals surface area contributed by atoms with Crippen LogP contribution in [0.4, 0.5) is 23.2 Å². The number of halogens is 4. The van der Waals surface area contributed by atoms with Gasteiger partial charge in [0.15, 0.2) is 0 Å². The number of aromatic nitrogens is 2. The molecule has 3 aromatic rings. The van der Waals surface area contributed by atoms with E-state index in [1.54, 1.807) is 0 Å². The first kappa shape index (κ1) is 21.3. The smallest absolute Gasteiger partial charge is 0.416 e. The highest BCUT2D eigenvalue weighted by Crippen LogP contribution is 2.37. The van der Waals surface area contributed by atoms with E-state index in [1.165, 1.54) is 26.0 Å². The molecule has 0 amide bonds. The van der Waals surface area contributed by atoms with Crippen molar-refractivity contribution >= 4 is 22.6 Å². The Morgan fingerprint density at radius 2 is 1.93 bits per heavy atom. The largest absolute Gasteiger partial charge is 0.465 e. The molecule has 1 unspecified atom stereocenters. The van der Waals surface area contributed by atoms with Crippen molar-refractivity contribution < 1.29 is 27.1 Å². The molecule has 0 aliphatic heterocycles. The summed E-state index contributed by atoms with van der Waals surface area (Å²) in [4.78, 5) is 30.1. The molecule has 0 fully saturated rings. The van der Waals surface area contributed by atoms with E-state index in [0.29, 0.717) is 0 Å². The van der Waals surface area contributed by atoms with Gasteiger partial charge in [0.1, 0.15) is 11.6 Å². The summed E-state index contributed by atoms with van der Waals surface area (Å²) in [6.07, 6.45) is -4.72. The van der Waals surface area contributed by atoms with Crippen LogP contribution < -0.4 is 10.9 Å². The average molecular weight is 423 g/mol. The first-order valence-corrected chi connectivity index (χ1v) is 8.77. The number of hydrogen-bond acceptors (Lipinski definition) is 5. The van der Waals surface area contributed by atoms with Gasteiger partial charge in [0.2, 0.25) is 0 Å². The van der Waals surface area contributed by atoms with Crippen molar-refractivity contribution in [3.8, 4) is 0 Å². The molecule has 0 aliphatic carbocycles. The number of methoxy groups -OCH3 is 1. The van der Waals surface area contributed by atoms with E-state index >= 15 is 0 Å². The number of benzene rings is 2. The number of fused-ring (bicyclic) bond motifs is 1. The molecule has 0 spiro atoms. The zero-order valence-corrected chi connectivity index (χ0v) is 16.1. The molecule has 3 rings (SSSR count). The molecule has 0 aliphatic rings. The highest BCUT2D eigenvalue weighted by atomic mass is 19.4. The predicted octanol–water partition coefficient (Wildman–Crippen LogP) is 4.35. The van der Waals surface area contributed by atoms with E-state index in [9.17, 15) is 27.2 Å². The zero-order chi connectivity index (χ0) is 22.2. The Morgan fingerprint density at radius 3 is 2.53 bits per heavy atom. The highest BCUT2D eigenvalue weighted by molar-refractivity contribution is 5.89. The summed E-state index contributed by atoms with van der Waals surface area (Å²) < 4.78 is 59.9. The molecule has 0 bridgehead atoms. The summed E-state index contributed by atoms with van der Waals surface area (Å²) in [5, 5.41) is 2.64. The molecular weight excluding hydrogens is 406 g/mol. The number of carbonyl (C=O) groups is 1. The van der Waals surface area contributed by atoms with Crippen molar-refractivity contribution in [2.45, 2.75) is 26.1 Å². The summed E-state index contributed by atoms with van der Waals surface area (Å²) in [6.45, 7) is 2.87. The second-order valence-electron chi connectivity index (χ2n) is 6.66. The van der Waals surface area contributed by atoms with Gasteiger partial charge in [-0.3, -0.25) is 4.79 Å². The van der Waals surface area contributed by atoms with Crippen LogP contribution in [0.15, 0.2) is 35.1 Å². The van der Waals surface area contributed by atoms with Crippen molar-refractivity contribution in [1.82, 2.24) is 9.97 Å². The van der Waals surface area contributed by atoms with E-state index in [-0.39, 0.29) is 33.5 Å². The molecule has 2 aromatic carbocycles. The fourth-order valence-corrected chi connectivity index (χ4v) is 3.11. The summed E-state index contributed by atoms with van der Waals surface area (Å²) in [7, 11) is 1.14. The minimum absolute atomic E-state index is 0.0150. The van der Waals surface area contributed by atoms with Crippen LogP contribution in [0.2, 0.25) is 0 Å². The van der Waals surface area contributed by atoms with E-state index in [0.717, 1.165) is 25.3 Å². The molecule has 0 saturated carbocycles. The van der Waals surface area contributed by atoms with Gasteiger partial charge in [-0.05, 0) is 49.7 Å². The normalized spacial score (nSPS) is 12.6. The first-order chi connectivity index (χ1) is 14.0. The average Bonchev–Trinajstić information content (AvgIpc) is 2.67. The Kier molecular flexibility index (Phi) is 5.51. The SMILES string of the molecule is COC(=O)c1ccc(NC(C)c2cc3c(=O)[nH]c(C)nc3cc2C(F)(F)F)c(F)c1. The van der Waals surface area contributed by atoms with Crippen LogP contribution in [0.1, 0.15) is 40.3 Å². The quantitative estimate of drug-likeness (QED) is 0.482. The van der Waals surface area contributed by atoms with Crippen LogP contribution >= 0.6 is 0 Å². The molecule has 1 heterocycles. The minimum Gasteiger partial charge on any atom is -0.465 e. The second kappa shape index (κ2) is 7.77. The number of ether oxygens (including phenoxy) is 1. The Morgan fingerprint density at radius 1 is 1.23 bits per heavy atom. The van der Waals surface area contributed by atoms with Crippen LogP contribution in [-0.2, 0) is 10.9 Å². The topological polar surface area (TPSA) is 84.1 Å². The van der Waals surface area contributed by atoms with Crippen LogP contribution in [0, 0.1) is 12.7 Å². The van der Waals surface area contributed by atoms with Crippen LogP contribution in [0.3, 0.4) is 0 Å². The Hall–Kier alpha value is -3.43. The number of rotatable bonds is 4. The monoisotopic (exact) mass is 423 g/mol. The third kappa shape index (κ3) is 4.12. The van der Waals surface area contributed by atoms with Gasteiger partial charge < -0.3 is 15.0 Å². The Balaban J connectivity index is 2.07. The minimum atomic E-state index is -4.72. The number of anilines is 1. The van der Waals surface area contributed by atoms with Crippen LogP contribution in [-0.4, -0.2) is 23.0 Å². The standard InChI is InChI=1S/C20H17F4N3O3/c1-9(25-16-5-4-11(6-15(16)21)19(29)30-3)12-7-13-17(8-14(12)20(22,23)24)26-10(2)27-18(13)28/h4-9,25H,1-3H3,(H,26,27,28). The Labute approximate surface area is 167 Å². The number of alkyl halides is 3. The molecule has 30 heavy (non-hydrogen) atoms. The summed E-state index contributed by atoms with van der Waals surface area (Å²) in [5.74, 6) is -1.40. The van der Waals surface area contributed by atoms with Gasteiger partial charge in [-0.1, -0.05) is 0 Å². The maximum Gasteiger partial charge on any atom is 0.416 e. The van der Waals surface area contributed by atoms with E-state index < -0.39 is 35.1 Å². The van der Waals surface area contributed by atoms with E-state index in [4.69, 9.17) is 0 Å². The van der Waals surface area contributed by atoms with Crippen molar-refractivity contribution in [3.63, 3.8) is 0 Å². The van der Waals surface area contributed by atoms with E-state index in [2.05, 4.69) is 20.0 Å². The maximum absolute atomic E-state index is 14.4. The van der Waals surface area contributed by atoms with Crippen LogP contribution in [0.25, 0.3) is 10.9 Å². The van der Waals surface area contributed by atoms with Crippen molar-refractivity contribution in [2.24, 2.45) is 0 Å². The number of hydrogen-bond donors (Lipinski definition) is 2. The molecule has 0 saturated heterocycles. The summed E-state index contributed by atoms with van der Waals surface area (Å²) in [5.41, 5.74) is -2.05. The number of carbonyl (C=O) groups excluding carboxylic acids is 1. The zero-order valence-electron chi connectivity index (χ0n) is 16.1. The van der Waals surface area contributed by atoms with Gasteiger partial charge >= 0.3 is 12.1 Å². The number of aromatic amines is 1. The van der Waals surface area contributed by atoms with Gasteiger partial charge in [-0.15, -0.1) is 0 Å². The van der Waals surface area contributed by atoms with Crippen molar-refractivity contribution in [2.75, 3.05) is 12.4 Å². The Bertz CT molecular complexity index is 1190. The van der Waals surface area contributed by atoms with Gasteiger partial charge in [0.05, 0.1) is 34.8 Å². The number of nitrogens with one attached hydrogen (secondary N) is 2. The lowest BCUT2D eigenvalue weighted by atomic mass is 9.98. The maximum atomic E-state index is 14.4. The number of H-pyrrole nitrogens is 1. The van der Waals surface area contributed by atoms with E-state index in [1.807, 2.05) is 0 Å². The van der Waals surface area contributed by atoms with Crippen molar-refractivity contribution in [3.05, 3.63) is 69.0 Å². The number of esters is 1. The fraction of sp³-hybridized carbons (Fsp3) is 0.250. The number of nitrogens with zero attached hydrogens (tertiary/aromatic N) is 1.